The summed E-state index contributed by atoms with van der Waals surface area (Å²) in [4.78, 5) is 13.4. The number of rotatable bonds is 6. The van der Waals surface area contributed by atoms with E-state index in [0.717, 1.165) is 28.7 Å². The Kier molecular flexibility index (Phi) is 5.16. The lowest BCUT2D eigenvalue weighted by Crippen LogP contribution is -2.01. The van der Waals surface area contributed by atoms with Crippen LogP contribution in [-0.4, -0.2) is 21.6 Å². The molecule has 0 radical (unpaired) electrons. The summed E-state index contributed by atoms with van der Waals surface area (Å²) in [7, 11) is 0. The second-order valence-corrected chi connectivity index (χ2v) is 7.12. The predicted molar refractivity (Wildman–Crippen MR) is 112 cm³/mol. The van der Waals surface area contributed by atoms with Crippen LogP contribution in [0.5, 0.6) is 17.6 Å². The molecule has 0 unspecified atom stereocenters. The Morgan fingerprint density at radius 2 is 1.59 bits per heavy atom. The first-order valence-electron chi connectivity index (χ1n) is 9.66. The van der Waals surface area contributed by atoms with Crippen LogP contribution in [-0.2, 0) is 0 Å². The van der Waals surface area contributed by atoms with Crippen molar-refractivity contribution in [1.29, 1.82) is 0 Å². The lowest BCUT2D eigenvalue weighted by Gasteiger charge is -2.07. The van der Waals surface area contributed by atoms with Crippen LogP contribution in [0.3, 0.4) is 0 Å². The first kappa shape index (κ1) is 18.9. The summed E-state index contributed by atoms with van der Waals surface area (Å²) in [5.74, 6) is 1.48. The van der Waals surface area contributed by atoms with Gasteiger partial charge in [-0.25, -0.2) is 4.98 Å². The Morgan fingerprint density at radius 1 is 0.862 bits per heavy atom. The van der Waals surface area contributed by atoms with Crippen LogP contribution in [0, 0.1) is 20.8 Å². The van der Waals surface area contributed by atoms with Crippen molar-refractivity contribution in [2.75, 3.05) is 6.61 Å². The van der Waals surface area contributed by atoms with Crippen LogP contribution in [0.4, 0.5) is 0 Å². The topological polar surface area (TPSA) is 70.3 Å². The molecule has 0 fully saturated rings. The molecule has 0 atom stereocenters. The molecule has 0 N–H and O–H groups in total. The zero-order chi connectivity index (χ0) is 20.4. The van der Waals surface area contributed by atoms with Crippen molar-refractivity contribution in [3.8, 4) is 29.1 Å². The Bertz CT molecular complexity index is 1130. The second-order valence-electron chi connectivity index (χ2n) is 7.12. The molecule has 2 aromatic heterocycles. The maximum atomic E-state index is 5.96. The van der Waals surface area contributed by atoms with Gasteiger partial charge in [-0.2, -0.15) is 9.97 Å². The molecule has 4 aromatic rings. The maximum Gasteiger partial charge on any atom is 0.328 e. The number of benzene rings is 2. The molecule has 6 heteroatoms. The molecule has 2 heterocycles. The van der Waals surface area contributed by atoms with E-state index >= 15 is 0 Å². The van der Waals surface area contributed by atoms with E-state index < -0.39 is 0 Å². The zero-order valence-corrected chi connectivity index (χ0v) is 17.0. The Hall–Kier alpha value is -3.41. The average Bonchev–Trinajstić information content (AvgIpc) is 3.11. The number of nitrogens with zero attached hydrogens (tertiary/aromatic N) is 3. The summed E-state index contributed by atoms with van der Waals surface area (Å²) < 4.78 is 17.6. The molecule has 4 rings (SSSR count). The van der Waals surface area contributed by atoms with Gasteiger partial charge in [-0.15, -0.1) is 0 Å². The quantitative estimate of drug-likeness (QED) is 0.416. The van der Waals surface area contributed by atoms with Gasteiger partial charge in [0.15, 0.2) is 5.52 Å². The van der Waals surface area contributed by atoms with Gasteiger partial charge in [0.2, 0.25) is 5.89 Å². The summed E-state index contributed by atoms with van der Waals surface area (Å²) in [6, 6.07) is 14.0. The fraction of sp³-hybridized carbons (Fsp3) is 0.261. The lowest BCUT2D eigenvalue weighted by atomic mass is 10.1. The monoisotopic (exact) mass is 389 g/mol. The number of fused-ring (bicyclic) bond motifs is 1. The minimum atomic E-state index is 0.163. The fourth-order valence-electron chi connectivity index (χ4n) is 3.06. The van der Waals surface area contributed by atoms with E-state index in [1.54, 1.807) is 0 Å². The summed E-state index contributed by atoms with van der Waals surface area (Å²) in [6.45, 7) is 8.66. The number of hydrogen-bond donors (Lipinski definition) is 0. The first-order chi connectivity index (χ1) is 14.0. The van der Waals surface area contributed by atoms with E-state index in [-0.39, 0.29) is 6.01 Å². The number of hydrogen-bond acceptors (Lipinski definition) is 6. The molecular weight excluding hydrogens is 366 g/mol. The van der Waals surface area contributed by atoms with Crippen LogP contribution in [0.1, 0.15) is 30.0 Å². The maximum absolute atomic E-state index is 5.96. The molecule has 0 amide bonds. The highest BCUT2D eigenvalue weighted by Crippen LogP contribution is 2.31. The lowest BCUT2D eigenvalue weighted by molar-refractivity contribution is 0.302. The first-order valence-corrected chi connectivity index (χ1v) is 9.66. The molecule has 0 bridgehead atoms. The SMILES string of the molecule is CCCOc1nc(Oc2ccc(C)cc2)nc2oc(-c3cc(C)cc(C)c3)nc12. The molecule has 0 saturated heterocycles. The van der Waals surface area contributed by atoms with Gasteiger partial charge in [-0.1, -0.05) is 41.8 Å². The van der Waals surface area contributed by atoms with Gasteiger partial charge in [0.05, 0.1) is 6.61 Å². The van der Waals surface area contributed by atoms with Crippen molar-refractivity contribution < 1.29 is 13.9 Å². The minimum Gasteiger partial charge on any atom is -0.476 e. The fourth-order valence-corrected chi connectivity index (χ4v) is 3.06. The third-order valence-corrected chi connectivity index (χ3v) is 4.35. The highest BCUT2D eigenvalue weighted by Gasteiger charge is 2.19. The van der Waals surface area contributed by atoms with Crippen molar-refractivity contribution in [3.05, 3.63) is 59.2 Å². The van der Waals surface area contributed by atoms with Gasteiger partial charge in [0.25, 0.3) is 11.6 Å². The Balaban J connectivity index is 1.77. The molecule has 2 aromatic carbocycles. The van der Waals surface area contributed by atoms with Crippen LogP contribution in [0.25, 0.3) is 22.7 Å². The van der Waals surface area contributed by atoms with E-state index in [9.17, 15) is 0 Å². The van der Waals surface area contributed by atoms with Crippen LogP contribution in [0.15, 0.2) is 46.9 Å². The number of aryl methyl sites for hydroxylation is 3. The van der Waals surface area contributed by atoms with Gasteiger partial charge in [-0.05, 0) is 51.5 Å². The summed E-state index contributed by atoms with van der Waals surface area (Å²) in [5.41, 5.74) is 5.14. The molecule has 0 aliphatic rings. The van der Waals surface area contributed by atoms with Crippen molar-refractivity contribution in [3.63, 3.8) is 0 Å². The molecule has 0 spiro atoms. The van der Waals surface area contributed by atoms with Gasteiger partial charge < -0.3 is 13.9 Å². The highest BCUT2D eigenvalue weighted by molar-refractivity contribution is 5.78. The van der Waals surface area contributed by atoms with Gasteiger partial charge in [0, 0.05) is 5.56 Å². The largest absolute Gasteiger partial charge is 0.476 e. The van der Waals surface area contributed by atoms with Gasteiger partial charge >= 0.3 is 6.01 Å². The van der Waals surface area contributed by atoms with Gasteiger partial charge in [-0.3, -0.25) is 0 Å². The van der Waals surface area contributed by atoms with Crippen molar-refractivity contribution in [2.24, 2.45) is 0 Å². The van der Waals surface area contributed by atoms with Crippen LogP contribution in [0.2, 0.25) is 0 Å². The minimum absolute atomic E-state index is 0.163. The van der Waals surface area contributed by atoms with E-state index in [4.69, 9.17) is 13.9 Å². The summed E-state index contributed by atoms with van der Waals surface area (Å²) in [6.07, 6.45) is 0.849. The zero-order valence-electron chi connectivity index (χ0n) is 17.0. The molecule has 148 valence electrons. The van der Waals surface area contributed by atoms with E-state index in [1.807, 2.05) is 64.1 Å². The Labute approximate surface area is 169 Å². The standard InChI is InChI=1S/C23H23N3O3/c1-5-10-27-21-19-22(26-23(25-21)28-18-8-6-14(2)7-9-18)29-20(24-19)17-12-15(3)11-16(4)13-17/h6-9,11-13H,5,10H2,1-4H3. The van der Waals surface area contributed by atoms with E-state index in [0.29, 0.717) is 35.4 Å². The highest BCUT2D eigenvalue weighted by atomic mass is 16.5. The molecule has 29 heavy (non-hydrogen) atoms. The Morgan fingerprint density at radius 3 is 2.28 bits per heavy atom. The average molecular weight is 389 g/mol. The third kappa shape index (κ3) is 4.21. The van der Waals surface area contributed by atoms with E-state index in [1.165, 1.54) is 0 Å². The second kappa shape index (κ2) is 7.91. The van der Waals surface area contributed by atoms with Crippen LogP contribution < -0.4 is 9.47 Å². The van der Waals surface area contributed by atoms with Crippen LogP contribution >= 0.6 is 0 Å². The van der Waals surface area contributed by atoms with E-state index in [2.05, 4.69) is 21.0 Å². The normalized spacial score (nSPS) is 11.0. The smallest absolute Gasteiger partial charge is 0.328 e. The molecule has 0 saturated carbocycles. The molecular formula is C23H23N3O3. The van der Waals surface area contributed by atoms with Crippen molar-refractivity contribution in [2.45, 2.75) is 34.1 Å². The summed E-state index contributed by atoms with van der Waals surface area (Å²) >= 11 is 0. The molecule has 0 aliphatic heterocycles. The number of oxazole rings is 1. The molecule has 6 nitrogen and oxygen atoms in total. The number of aromatic nitrogens is 3. The molecule has 0 aliphatic carbocycles. The van der Waals surface area contributed by atoms with Gasteiger partial charge in [0.1, 0.15) is 5.75 Å². The van der Waals surface area contributed by atoms with Crippen molar-refractivity contribution >= 4 is 11.2 Å². The number of ether oxygens (including phenoxy) is 2. The third-order valence-electron chi connectivity index (χ3n) is 4.35. The summed E-state index contributed by atoms with van der Waals surface area (Å²) in [5, 5.41) is 0. The van der Waals surface area contributed by atoms with Crippen molar-refractivity contribution in [1.82, 2.24) is 15.0 Å². The predicted octanol–water partition coefficient (Wildman–Crippen LogP) is 5.79.